The average molecular weight is 303 g/mol. The number of amides is 1. The second-order valence-corrected chi connectivity index (χ2v) is 6.47. The summed E-state index contributed by atoms with van der Waals surface area (Å²) in [7, 11) is 0. The van der Waals surface area contributed by atoms with Gasteiger partial charge in [0.1, 0.15) is 0 Å². The standard InChI is InChI=1S/C14H22N2OS.ClH/c1-11(13(17)16-10-14(2,3)15)18-9-12-7-5-4-6-8-12;/h4-8,11H,9-10,15H2,1-3H3,(H,16,17);1H. The molecule has 0 bridgehead atoms. The fourth-order valence-corrected chi connectivity index (χ4v) is 2.20. The molecule has 0 saturated carbocycles. The predicted molar refractivity (Wildman–Crippen MR) is 85.7 cm³/mol. The fourth-order valence-electron chi connectivity index (χ4n) is 1.33. The Morgan fingerprint density at radius 2 is 1.95 bits per heavy atom. The van der Waals surface area contributed by atoms with Crippen LogP contribution in [0.3, 0.4) is 0 Å². The minimum absolute atomic E-state index is 0. The molecule has 0 aromatic heterocycles. The number of benzene rings is 1. The number of hydrogen-bond acceptors (Lipinski definition) is 3. The average Bonchev–Trinajstić information content (AvgIpc) is 2.33. The molecule has 1 unspecified atom stereocenters. The van der Waals surface area contributed by atoms with E-state index in [1.165, 1.54) is 5.56 Å². The molecule has 1 amide bonds. The van der Waals surface area contributed by atoms with Crippen LogP contribution in [0.4, 0.5) is 0 Å². The zero-order valence-corrected chi connectivity index (χ0v) is 13.3. The van der Waals surface area contributed by atoms with Crippen molar-refractivity contribution in [1.82, 2.24) is 5.32 Å². The maximum atomic E-state index is 11.8. The van der Waals surface area contributed by atoms with Gasteiger partial charge in [-0.15, -0.1) is 24.2 Å². The quantitative estimate of drug-likeness (QED) is 0.849. The summed E-state index contributed by atoms with van der Waals surface area (Å²) >= 11 is 1.64. The molecule has 1 atom stereocenters. The van der Waals surface area contributed by atoms with Gasteiger partial charge in [0.15, 0.2) is 0 Å². The summed E-state index contributed by atoms with van der Waals surface area (Å²) in [5, 5.41) is 2.81. The van der Waals surface area contributed by atoms with Gasteiger partial charge in [0.2, 0.25) is 5.91 Å². The molecule has 1 aromatic carbocycles. The van der Waals surface area contributed by atoms with Crippen molar-refractivity contribution in [2.75, 3.05) is 6.54 Å². The van der Waals surface area contributed by atoms with Crippen LogP contribution in [0.2, 0.25) is 0 Å². The van der Waals surface area contributed by atoms with E-state index in [-0.39, 0.29) is 29.1 Å². The van der Waals surface area contributed by atoms with Crippen molar-refractivity contribution in [3.8, 4) is 0 Å². The van der Waals surface area contributed by atoms with Gasteiger partial charge in [-0.25, -0.2) is 0 Å². The van der Waals surface area contributed by atoms with Gasteiger partial charge in [0, 0.05) is 17.8 Å². The highest BCUT2D eigenvalue weighted by atomic mass is 35.5. The van der Waals surface area contributed by atoms with Crippen LogP contribution in [0.15, 0.2) is 30.3 Å². The van der Waals surface area contributed by atoms with Gasteiger partial charge in [-0.05, 0) is 26.3 Å². The summed E-state index contributed by atoms with van der Waals surface area (Å²) in [5.74, 6) is 0.899. The molecule has 0 saturated heterocycles. The second-order valence-electron chi connectivity index (χ2n) is 5.15. The zero-order valence-electron chi connectivity index (χ0n) is 11.7. The van der Waals surface area contributed by atoms with E-state index in [1.807, 2.05) is 39.0 Å². The number of nitrogens with one attached hydrogen (secondary N) is 1. The minimum atomic E-state index is -0.362. The van der Waals surface area contributed by atoms with E-state index in [0.717, 1.165) is 5.75 Å². The normalized spacial score (nSPS) is 12.4. The number of hydrogen-bond donors (Lipinski definition) is 2. The summed E-state index contributed by atoms with van der Waals surface area (Å²) in [6, 6.07) is 10.2. The van der Waals surface area contributed by atoms with Gasteiger partial charge >= 0.3 is 0 Å². The number of thioether (sulfide) groups is 1. The molecule has 0 fully saturated rings. The molecule has 3 nitrogen and oxygen atoms in total. The van der Waals surface area contributed by atoms with E-state index < -0.39 is 0 Å². The number of halogens is 1. The molecular weight excluding hydrogens is 280 g/mol. The van der Waals surface area contributed by atoms with Gasteiger partial charge in [-0.2, -0.15) is 0 Å². The fraction of sp³-hybridized carbons (Fsp3) is 0.500. The Morgan fingerprint density at radius 3 is 2.47 bits per heavy atom. The molecule has 0 heterocycles. The Bertz CT molecular complexity index is 379. The predicted octanol–water partition coefficient (Wildman–Crippen LogP) is 2.58. The highest BCUT2D eigenvalue weighted by Crippen LogP contribution is 2.17. The van der Waals surface area contributed by atoms with Crippen LogP contribution >= 0.6 is 24.2 Å². The molecule has 0 radical (unpaired) electrons. The molecule has 0 aliphatic carbocycles. The van der Waals surface area contributed by atoms with E-state index in [9.17, 15) is 4.79 Å². The smallest absolute Gasteiger partial charge is 0.232 e. The Labute approximate surface area is 126 Å². The van der Waals surface area contributed by atoms with Gasteiger partial charge in [0.05, 0.1) is 5.25 Å². The van der Waals surface area contributed by atoms with Crippen LogP contribution in [-0.4, -0.2) is 23.2 Å². The lowest BCUT2D eigenvalue weighted by Gasteiger charge is -2.20. The van der Waals surface area contributed by atoms with Crippen LogP contribution in [-0.2, 0) is 10.5 Å². The van der Waals surface area contributed by atoms with Crippen molar-refractivity contribution in [2.45, 2.75) is 37.3 Å². The van der Waals surface area contributed by atoms with Crippen molar-refractivity contribution in [3.05, 3.63) is 35.9 Å². The third kappa shape index (κ3) is 8.14. The first-order valence-corrected chi connectivity index (χ1v) is 7.15. The summed E-state index contributed by atoms with van der Waals surface area (Å²) in [6.07, 6.45) is 0. The lowest BCUT2D eigenvalue weighted by Crippen LogP contribution is -2.46. The first kappa shape index (κ1) is 18.3. The van der Waals surface area contributed by atoms with E-state index in [4.69, 9.17) is 5.73 Å². The largest absolute Gasteiger partial charge is 0.353 e. The van der Waals surface area contributed by atoms with Crippen molar-refractivity contribution >= 4 is 30.1 Å². The highest BCUT2D eigenvalue weighted by molar-refractivity contribution is 7.99. The maximum absolute atomic E-state index is 11.8. The molecule has 0 spiro atoms. The van der Waals surface area contributed by atoms with E-state index >= 15 is 0 Å². The first-order chi connectivity index (χ1) is 8.38. The van der Waals surface area contributed by atoms with Gasteiger partial charge < -0.3 is 11.1 Å². The van der Waals surface area contributed by atoms with E-state index in [1.54, 1.807) is 11.8 Å². The number of carbonyl (C=O) groups is 1. The molecule has 3 N–H and O–H groups in total. The van der Waals surface area contributed by atoms with E-state index in [0.29, 0.717) is 6.54 Å². The topological polar surface area (TPSA) is 55.1 Å². The van der Waals surface area contributed by atoms with Gasteiger partial charge in [-0.3, -0.25) is 4.79 Å². The highest BCUT2D eigenvalue weighted by Gasteiger charge is 2.17. The third-order valence-electron chi connectivity index (χ3n) is 2.43. The summed E-state index contributed by atoms with van der Waals surface area (Å²) in [5.41, 5.74) is 6.70. The van der Waals surface area contributed by atoms with Crippen molar-refractivity contribution in [1.29, 1.82) is 0 Å². The van der Waals surface area contributed by atoms with Crippen LogP contribution < -0.4 is 11.1 Å². The second kappa shape index (κ2) is 8.46. The molecule has 1 aromatic rings. The molecule has 0 aliphatic heterocycles. The minimum Gasteiger partial charge on any atom is -0.353 e. The van der Waals surface area contributed by atoms with Crippen LogP contribution in [0, 0.1) is 0 Å². The Balaban J connectivity index is 0.00000324. The summed E-state index contributed by atoms with van der Waals surface area (Å²) < 4.78 is 0. The van der Waals surface area contributed by atoms with Gasteiger partial charge in [0.25, 0.3) is 0 Å². The summed E-state index contributed by atoms with van der Waals surface area (Å²) in [4.78, 5) is 11.8. The molecular formula is C14H23ClN2OS. The Kier molecular flexibility index (Phi) is 8.14. The van der Waals surface area contributed by atoms with Crippen LogP contribution in [0.5, 0.6) is 0 Å². The molecule has 108 valence electrons. The molecule has 19 heavy (non-hydrogen) atoms. The van der Waals surface area contributed by atoms with Gasteiger partial charge in [-0.1, -0.05) is 30.3 Å². The van der Waals surface area contributed by atoms with Crippen molar-refractivity contribution < 1.29 is 4.79 Å². The van der Waals surface area contributed by atoms with E-state index in [2.05, 4.69) is 17.4 Å². The summed E-state index contributed by atoms with van der Waals surface area (Å²) in [6.45, 7) is 6.22. The van der Waals surface area contributed by atoms with Crippen LogP contribution in [0.1, 0.15) is 26.3 Å². The maximum Gasteiger partial charge on any atom is 0.232 e. The van der Waals surface area contributed by atoms with Crippen LogP contribution in [0.25, 0.3) is 0 Å². The lowest BCUT2D eigenvalue weighted by atomic mass is 10.1. The molecule has 5 heteroatoms. The lowest BCUT2D eigenvalue weighted by molar-refractivity contribution is -0.120. The zero-order chi connectivity index (χ0) is 13.6. The molecule has 0 aliphatic rings. The van der Waals surface area contributed by atoms with Crippen molar-refractivity contribution in [2.24, 2.45) is 5.73 Å². The number of carbonyl (C=O) groups excluding carboxylic acids is 1. The molecule has 1 rings (SSSR count). The number of nitrogens with two attached hydrogens (primary N) is 1. The Morgan fingerprint density at radius 1 is 1.37 bits per heavy atom. The number of rotatable bonds is 6. The SMILES string of the molecule is CC(SCc1ccccc1)C(=O)NCC(C)(C)N.Cl. The monoisotopic (exact) mass is 302 g/mol. The van der Waals surface area contributed by atoms with Crippen molar-refractivity contribution in [3.63, 3.8) is 0 Å². The first-order valence-electron chi connectivity index (χ1n) is 6.10. The third-order valence-corrected chi connectivity index (χ3v) is 3.64. The Hall–Kier alpha value is -0.710.